The lowest BCUT2D eigenvalue weighted by Gasteiger charge is -2.25. The lowest BCUT2D eigenvalue weighted by atomic mass is 10.1. The largest absolute Gasteiger partial charge is 0.493 e. The summed E-state index contributed by atoms with van der Waals surface area (Å²) in [4.78, 5) is 35.2. The number of hydrogen-bond donors (Lipinski definition) is 0. The van der Waals surface area contributed by atoms with Crippen LogP contribution < -0.4 is 14.4 Å². The minimum Gasteiger partial charge on any atom is -0.493 e. The van der Waals surface area contributed by atoms with E-state index < -0.39 is 21.2 Å². The van der Waals surface area contributed by atoms with Crippen molar-refractivity contribution in [3.05, 3.63) is 91.5 Å². The number of rotatable bonds is 7. The molecule has 34 heavy (non-hydrogen) atoms. The molecule has 0 unspecified atom stereocenters. The van der Waals surface area contributed by atoms with Crippen LogP contribution in [0.5, 0.6) is 17.2 Å². The van der Waals surface area contributed by atoms with Gasteiger partial charge in [0.1, 0.15) is 5.37 Å². The van der Waals surface area contributed by atoms with Crippen molar-refractivity contribution in [3.8, 4) is 17.2 Å². The normalized spacial score (nSPS) is 15.3. The summed E-state index contributed by atoms with van der Waals surface area (Å²) >= 11 is 7.42. The van der Waals surface area contributed by atoms with Gasteiger partial charge in [0.25, 0.3) is 5.69 Å². The Morgan fingerprint density at radius 3 is 2.32 bits per heavy atom. The molecule has 1 fully saturated rings. The first-order valence-electron chi connectivity index (χ1n) is 9.76. The first-order valence-corrected chi connectivity index (χ1v) is 11.2. The zero-order chi connectivity index (χ0) is 24.4. The molecule has 1 amide bonds. The van der Waals surface area contributed by atoms with Crippen LogP contribution in [0.1, 0.15) is 10.9 Å². The molecular formula is C22H16ClN3O7S. The highest BCUT2D eigenvalue weighted by Crippen LogP contribution is 2.45. The second-order valence-corrected chi connectivity index (χ2v) is 8.59. The van der Waals surface area contributed by atoms with Crippen molar-refractivity contribution in [2.75, 3.05) is 17.8 Å². The van der Waals surface area contributed by atoms with Gasteiger partial charge in [-0.05, 0) is 48.0 Å². The van der Waals surface area contributed by atoms with E-state index in [9.17, 15) is 25.0 Å². The number of carbonyl (C=O) groups excluding carboxylic acids is 1. The maximum atomic E-state index is 12.6. The number of anilines is 1. The van der Waals surface area contributed by atoms with Crippen molar-refractivity contribution in [3.63, 3.8) is 0 Å². The van der Waals surface area contributed by atoms with Crippen LogP contribution in [-0.4, -0.2) is 28.6 Å². The van der Waals surface area contributed by atoms with Crippen molar-refractivity contribution in [2.45, 2.75) is 5.37 Å². The molecule has 1 atom stereocenters. The van der Waals surface area contributed by atoms with Gasteiger partial charge in [0, 0.05) is 16.8 Å². The third-order valence-electron chi connectivity index (χ3n) is 5.02. The molecular weight excluding hydrogens is 486 g/mol. The number of nitrogens with zero attached hydrogens (tertiary/aromatic N) is 3. The predicted molar refractivity (Wildman–Crippen MR) is 127 cm³/mol. The Morgan fingerprint density at radius 2 is 1.68 bits per heavy atom. The Kier molecular flexibility index (Phi) is 6.57. The smallest absolute Gasteiger partial charge is 0.318 e. The van der Waals surface area contributed by atoms with Gasteiger partial charge in [-0.1, -0.05) is 17.7 Å². The number of halogens is 1. The van der Waals surface area contributed by atoms with E-state index in [4.69, 9.17) is 21.1 Å². The second-order valence-electron chi connectivity index (χ2n) is 7.08. The number of methoxy groups -OCH3 is 1. The zero-order valence-corrected chi connectivity index (χ0v) is 19.1. The summed E-state index contributed by atoms with van der Waals surface area (Å²) in [5.74, 6) is 0.521. The number of nitro benzene ring substituents is 2. The van der Waals surface area contributed by atoms with Crippen molar-refractivity contribution in [1.29, 1.82) is 0 Å². The minimum absolute atomic E-state index is 0.0573. The van der Waals surface area contributed by atoms with Gasteiger partial charge in [-0.2, -0.15) is 0 Å². The van der Waals surface area contributed by atoms with Crippen LogP contribution in [-0.2, 0) is 4.79 Å². The molecule has 1 heterocycles. The molecule has 4 rings (SSSR count). The van der Waals surface area contributed by atoms with E-state index in [0.29, 0.717) is 16.5 Å². The first kappa shape index (κ1) is 23.3. The van der Waals surface area contributed by atoms with Crippen LogP contribution in [0, 0.1) is 20.2 Å². The number of nitro groups is 2. The molecule has 174 valence electrons. The molecule has 1 saturated heterocycles. The molecule has 0 aromatic heterocycles. The Bertz CT molecular complexity index is 1290. The van der Waals surface area contributed by atoms with Crippen LogP contribution in [0.2, 0.25) is 5.02 Å². The molecule has 0 radical (unpaired) electrons. The van der Waals surface area contributed by atoms with Gasteiger partial charge in [0.2, 0.25) is 11.7 Å². The number of benzene rings is 3. The summed E-state index contributed by atoms with van der Waals surface area (Å²) in [6.07, 6.45) is 0. The lowest BCUT2D eigenvalue weighted by Crippen LogP contribution is -2.27. The Hall–Kier alpha value is -3.83. The molecule has 12 heteroatoms. The molecule has 0 spiro atoms. The molecule has 10 nitrogen and oxygen atoms in total. The van der Waals surface area contributed by atoms with Gasteiger partial charge in [0.05, 0.1) is 28.8 Å². The fourth-order valence-corrected chi connectivity index (χ4v) is 4.73. The second kappa shape index (κ2) is 9.57. The van der Waals surface area contributed by atoms with Crippen molar-refractivity contribution in [2.24, 2.45) is 0 Å². The SMILES string of the molecule is COc1cc([C@H]2SCC(=O)N2c2ccc(Cl)cc2)ccc1Oc1ccc([N+](=O)[O-])cc1[N+](=O)[O-]. The summed E-state index contributed by atoms with van der Waals surface area (Å²) in [5.41, 5.74) is 0.483. The number of ether oxygens (including phenoxy) is 2. The maximum absolute atomic E-state index is 12.6. The number of amides is 1. The van der Waals surface area contributed by atoms with Gasteiger partial charge in [-0.25, -0.2) is 0 Å². The predicted octanol–water partition coefficient (Wildman–Crippen LogP) is 5.74. The van der Waals surface area contributed by atoms with Crippen molar-refractivity contribution >= 4 is 46.3 Å². The Morgan fingerprint density at radius 1 is 0.971 bits per heavy atom. The highest BCUT2D eigenvalue weighted by atomic mass is 35.5. The lowest BCUT2D eigenvalue weighted by molar-refractivity contribution is -0.394. The summed E-state index contributed by atoms with van der Waals surface area (Å²) < 4.78 is 11.1. The van der Waals surface area contributed by atoms with Gasteiger partial charge >= 0.3 is 5.69 Å². The van der Waals surface area contributed by atoms with E-state index in [1.54, 1.807) is 47.4 Å². The first-order chi connectivity index (χ1) is 16.3. The fourth-order valence-electron chi connectivity index (χ4n) is 3.44. The summed E-state index contributed by atoms with van der Waals surface area (Å²) in [5, 5.41) is 22.6. The van der Waals surface area contributed by atoms with Gasteiger partial charge < -0.3 is 9.47 Å². The molecule has 3 aromatic rings. The van der Waals surface area contributed by atoms with E-state index in [0.717, 1.165) is 23.8 Å². The van der Waals surface area contributed by atoms with Crippen molar-refractivity contribution in [1.82, 2.24) is 0 Å². The van der Waals surface area contributed by atoms with Crippen molar-refractivity contribution < 1.29 is 24.1 Å². The zero-order valence-electron chi connectivity index (χ0n) is 17.5. The topological polar surface area (TPSA) is 125 Å². The Labute approximate surface area is 202 Å². The average molecular weight is 502 g/mol. The number of carbonyl (C=O) groups is 1. The van der Waals surface area contributed by atoms with Crippen LogP contribution in [0.25, 0.3) is 0 Å². The number of hydrogen-bond acceptors (Lipinski definition) is 8. The average Bonchev–Trinajstić information content (AvgIpc) is 3.21. The number of non-ortho nitro benzene ring substituents is 1. The molecule has 0 aliphatic carbocycles. The van der Waals surface area contributed by atoms with Gasteiger partial charge in [0.15, 0.2) is 11.5 Å². The molecule has 1 aliphatic heterocycles. The van der Waals surface area contributed by atoms with E-state index in [2.05, 4.69) is 0 Å². The third kappa shape index (κ3) is 4.61. The van der Waals surface area contributed by atoms with Crippen LogP contribution in [0.3, 0.4) is 0 Å². The molecule has 0 saturated carbocycles. The van der Waals surface area contributed by atoms with Crippen LogP contribution in [0.15, 0.2) is 60.7 Å². The Balaban J connectivity index is 1.66. The molecule has 0 bridgehead atoms. The fraction of sp³-hybridized carbons (Fsp3) is 0.136. The van der Waals surface area contributed by atoms with Gasteiger partial charge in [-0.15, -0.1) is 11.8 Å². The van der Waals surface area contributed by atoms with E-state index in [1.165, 1.54) is 18.9 Å². The molecule has 3 aromatic carbocycles. The van der Waals surface area contributed by atoms with E-state index >= 15 is 0 Å². The maximum Gasteiger partial charge on any atom is 0.318 e. The van der Waals surface area contributed by atoms with E-state index in [1.807, 2.05) is 0 Å². The summed E-state index contributed by atoms with van der Waals surface area (Å²) in [6, 6.07) is 15.1. The highest BCUT2D eigenvalue weighted by molar-refractivity contribution is 8.00. The minimum atomic E-state index is -0.756. The summed E-state index contributed by atoms with van der Waals surface area (Å²) in [6.45, 7) is 0. The summed E-state index contributed by atoms with van der Waals surface area (Å²) in [7, 11) is 1.42. The third-order valence-corrected chi connectivity index (χ3v) is 6.48. The quantitative estimate of drug-likeness (QED) is 0.296. The van der Waals surface area contributed by atoms with Crippen LogP contribution in [0.4, 0.5) is 17.1 Å². The van der Waals surface area contributed by atoms with Gasteiger partial charge in [-0.3, -0.25) is 29.9 Å². The standard InChI is InChI=1S/C22H16ClN3O7S/c1-32-20-10-13(22-24(21(27)12-34-22)15-5-3-14(23)4-6-15)2-8-19(20)33-18-9-7-16(25(28)29)11-17(18)26(30)31/h2-11,22H,12H2,1H3/t22-/m1/s1. The molecule has 0 N–H and O–H groups in total. The monoisotopic (exact) mass is 501 g/mol. The number of thioether (sulfide) groups is 1. The van der Waals surface area contributed by atoms with E-state index in [-0.39, 0.29) is 28.5 Å². The van der Waals surface area contributed by atoms with Crippen LogP contribution >= 0.6 is 23.4 Å². The highest BCUT2D eigenvalue weighted by Gasteiger charge is 2.34. The molecule has 1 aliphatic rings.